The molecule has 0 saturated carbocycles. The third-order valence-electron chi connectivity index (χ3n) is 7.17. The standard InChI is InChI=1S/C23H38N6O2/c1-21(2,3)28-10-8-26(9-11-28)20(31)18-12-17(24-25(18)7)19(30)27-13-23(14-27)15-29(16-23)22(4,5)6/h12H,8-11,13-16H2,1-7H3. The molecule has 0 aliphatic carbocycles. The first-order valence-corrected chi connectivity index (χ1v) is 11.4. The van der Waals surface area contributed by atoms with Crippen molar-refractivity contribution in [3.05, 3.63) is 17.5 Å². The minimum Gasteiger partial charge on any atom is -0.336 e. The molecule has 0 bridgehead atoms. The molecule has 0 N–H and O–H groups in total. The van der Waals surface area contributed by atoms with Crippen LogP contribution < -0.4 is 0 Å². The quantitative estimate of drug-likeness (QED) is 0.712. The molecule has 3 aliphatic rings. The molecule has 2 amide bonds. The average molecular weight is 431 g/mol. The van der Waals surface area contributed by atoms with Crippen LogP contribution in [0.5, 0.6) is 0 Å². The van der Waals surface area contributed by atoms with Crippen LogP contribution in [0.2, 0.25) is 0 Å². The van der Waals surface area contributed by atoms with Crippen molar-refractivity contribution in [3.8, 4) is 0 Å². The van der Waals surface area contributed by atoms with Crippen molar-refractivity contribution in [1.29, 1.82) is 0 Å². The maximum absolute atomic E-state index is 13.1. The van der Waals surface area contributed by atoms with Gasteiger partial charge in [-0.15, -0.1) is 0 Å². The van der Waals surface area contributed by atoms with E-state index in [0.717, 1.165) is 39.3 Å². The average Bonchev–Trinajstić information content (AvgIpc) is 2.98. The predicted octanol–water partition coefficient (Wildman–Crippen LogP) is 1.53. The summed E-state index contributed by atoms with van der Waals surface area (Å²) in [6.07, 6.45) is 0. The zero-order chi connectivity index (χ0) is 22.8. The van der Waals surface area contributed by atoms with Crippen LogP contribution in [0.1, 0.15) is 62.5 Å². The van der Waals surface area contributed by atoms with Crippen molar-refractivity contribution in [2.45, 2.75) is 52.6 Å². The number of aryl methyl sites for hydroxylation is 1. The third kappa shape index (κ3) is 4.12. The number of hydrogen-bond acceptors (Lipinski definition) is 5. The third-order valence-corrected chi connectivity index (χ3v) is 7.17. The monoisotopic (exact) mass is 430 g/mol. The second kappa shape index (κ2) is 7.30. The SMILES string of the molecule is Cn1nc(C(=O)N2CC3(C2)CN(C(C)(C)C)C3)cc1C(=O)N1CCN(C(C)(C)C)CC1. The van der Waals surface area contributed by atoms with Gasteiger partial charge in [-0.2, -0.15) is 5.10 Å². The number of aromatic nitrogens is 2. The van der Waals surface area contributed by atoms with Gasteiger partial charge in [-0.1, -0.05) is 0 Å². The summed E-state index contributed by atoms with van der Waals surface area (Å²) in [7, 11) is 1.75. The summed E-state index contributed by atoms with van der Waals surface area (Å²) < 4.78 is 1.56. The van der Waals surface area contributed by atoms with Crippen molar-refractivity contribution >= 4 is 11.8 Å². The van der Waals surface area contributed by atoms with Gasteiger partial charge in [0.1, 0.15) is 5.69 Å². The summed E-state index contributed by atoms with van der Waals surface area (Å²) in [5.41, 5.74) is 1.42. The van der Waals surface area contributed by atoms with Gasteiger partial charge < -0.3 is 9.80 Å². The van der Waals surface area contributed by atoms with Gasteiger partial charge in [0.15, 0.2) is 5.69 Å². The number of rotatable bonds is 2. The minimum atomic E-state index is -0.0629. The molecule has 0 unspecified atom stereocenters. The summed E-state index contributed by atoms with van der Waals surface area (Å²) in [5.74, 6) is -0.102. The lowest BCUT2D eigenvalue weighted by atomic mass is 9.71. The number of likely N-dealkylation sites (tertiary alicyclic amines) is 2. The maximum atomic E-state index is 13.1. The fraction of sp³-hybridized carbons (Fsp3) is 0.783. The van der Waals surface area contributed by atoms with Crippen LogP contribution >= 0.6 is 0 Å². The molecular weight excluding hydrogens is 392 g/mol. The molecule has 31 heavy (non-hydrogen) atoms. The molecule has 3 saturated heterocycles. The first-order chi connectivity index (χ1) is 14.3. The number of hydrogen-bond donors (Lipinski definition) is 0. The van der Waals surface area contributed by atoms with Gasteiger partial charge in [0.05, 0.1) is 0 Å². The normalized spacial score (nSPS) is 22.4. The number of piperazine rings is 1. The Balaban J connectivity index is 1.34. The van der Waals surface area contributed by atoms with Gasteiger partial charge in [0.25, 0.3) is 11.8 Å². The van der Waals surface area contributed by atoms with Gasteiger partial charge >= 0.3 is 0 Å². The Labute approximate surface area is 186 Å². The second-order valence-corrected chi connectivity index (χ2v) is 11.7. The van der Waals surface area contributed by atoms with Crippen LogP contribution in [-0.4, -0.2) is 105 Å². The first kappa shape index (κ1) is 22.3. The zero-order valence-corrected chi connectivity index (χ0v) is 20.2. The van der Waals surface area contributed by atoms with E-state index in [1.807, 2.05) is 9.80 Å². The van der Waals surface area contributed by atoms with Crippen LogP contribution in [0.15, 0.2) is 6.07 Å². The summed E-state index contributed by atoms with van der Waals surface area (Å²) in [6.45, 7) is 20.1. The molecule has 3 fully saturated rings. The van der Waals surface area contributed by atoms with Crippen molar-refractivity contribution < 1.29 is 9.59 Å². The highest BCUT2D eigenvalue weighted by atomic mass is 16.2. The first-order valence-electron chi connectivity index (χ1n) is 11.4. The summed E-state index contributed by atoms with van der Waals surface area (Å²) in [4.78, 5) is 34.6. The Morgan fingerprint density at radius 2 is 1.35 bits per heavy atom. The summed E-state index contributed by atoms with van der Waals surface area (Å²) in [6, 6.07) is 1.67. The molecule has 4 rings (SSSR count). The fourth-order valence-corrected chi connectivity index (χ4v) is 5.02. The van der Waals surface area contributed by atoms with E-state index >= 15 is 0 Å². The Hall–Kier alpha value is -1.93. The van der Waals surface area contributed by atoms with Crippen molar-refractivity contribution in [1.82, 2.24) is 29.4 Å². The molecule has 8 heteroatoms. The molecule has 172 valence electrons. The molecule has 8 nitrogen and oxygen atoms in total. The van der Waals surface area contributed by atoms with E-state index in [1.54, 1.807) is 17.8 Å². The van der Waals surface area contributed by atoms with E-state index in [4.69, 9.17) is 0 Å². The second-order valence-electron chi connectivity index (χ2n) is 11.7. The van der Waals surface area contributed by atoms with Crippen molar-refractivity contribution in [2.75, 3.05) is 52.4 Å². The molecule has 0 aromatic carbocycles. The van der Waals surface area contributed by atoms with Crippen LogP contribution in [0, 0.1) is 5.41 Å². The maximum Gasteiger partial charge on any atom is 0.274 e. The van der Waals surface area contributed by atoms with Crippen LogP contribution in [0.25, 0.3) is 0 Å². The lowest BCUT2D eigenvalue weighted by Gasteiger charge is -2.63. The Morgan fingerprint density at radius 1 is 0.806 bits per heavy atom. The number of carbonyl (C=O) groups is 2. The van der Waals surface area contributed by atoms with E-state index in [2.05, 4.69) is 56.4 Å². The smallest absolute Gasteiger partial charge is 0.274 e. The highest BCUT2D eigenvalue weighted by Crippen LogP contribution is 2.43. The molecule has 3 aliphatic heterocycles. The van der Waals surface area contributed by atoms with E-state index in [9.17, 15) is 9.59 Å². The van der Waals surface area contributed by atoms with Crippen LogP contribution in [0.3, 0.4) is 0 Å². The van der Waals surface area contributed by atoms with E-state index in [-0.39, 0.29) is 28.3 Å². The molecule has 0 atom stereocenters. The molecule has 1 spiro atoms. The number of nitrogens with zero attached hydrogens (tertiary/aromatic N) is 6. The van der Waals surface area contributed by atoms with Crippen molar-refractivity contribution in [2.24, 2.45) is 12.5 Å². The summed E-state index contributed by atoms with van der Waals surface area (Å²) in [5, 5.41) is 4.39. The van der Waals surface area contributed by atoms with Gasteiger partial charge in [-0.25, -0.2) is 0 Å². The van der Waals surface area contributed by atoms with E-state index in [1.165, 1.54) is 0 Å². The lowest BCUT2D eigenvalue weighted by Crippen LogP contribution is -2.75. The molecule has 1 aromatic rings. The number of carbonyl (C=O) groups excluding carboxylic acids is 2. The topological polar surface area (TPSA) is 64.9 Å². The highest BCUT2D eigenvalue weighted by Gasteiger charge is 2.55. The zero-order valence-electron chi connectivity index (χ0n) is 20.2. The van der Waals surface area contributed by atoms with Gasteiger partial charge in [0.2, 0.25) is 0 Å². The van der Waals surface area contributed by atoms with Gasteiger partial charge in [-0.3, -0.25) is 24.1 Å². The number of amides is 2. The Morgan fingerprint density at radius 3 is 1.87 bits per heavy atom. The Kier molecular flexibility index (Phi) is 5.25. The summed E-state index contributed by atoms with van der Waals surface area (Å²) >= 11 is 0. The van der Waals surface area contributed by atoms with Crippen molar-refractivity contribution in [3.63, 3.8) is 0 Å². The minimum absolute atomic E-state index is 0.0394. The molecule has 1 aromatic heterocycles. The van der Waals surface area contributed by atoms with Gasteiger partial charge in [0, 0.05) is 82.0 Å². The molecule has 0 radical (unpaired) electrons. The van der Waals surface area contributed by atoms with Crippen LogP contribution in [-0.2, 0) is 7.05 Å². The van der Waals surface area contributed by atoms with Gasteiger partial charge in [-0.05, 0) is 41.5 Å². The highest BCUT2D eigenvalue weighted by molar-refractivity contribution is 5.98. The molecular formula is C23H38N6O2. The van der Waals surface area contributed by atoms with Crippen LogP contribution in [0.4, 0.5) is 0 Å². The fourth-order valence-electron chi connectivity index (χ4n) is 5.02. The van der Waals surface area contributed by atoms with E-state index in [0.29, 0.717) is 24.5 Å². The Bertz CT molecular complexity index is 856. The molecule has 4 heterocycles. The lowest BCUT2D eigenvalue weighted by molar-refractivity contribution is -0.130. The largest absolute Gasteiger partial charge is 0.336 e. The predicted molar refractivity (Wildman–Crippen MR) is 120 cm³/mol. The van der Waals surface area contributed by atoms with E-state index < -0.39 is 0 Å².